The van der Waals surface area contributed by atoms with E-state index in [1.165, 1.54) is 17.8 Å². The summed E-state index contributed by atoms with van der Waals surface area (Å²) in [5, 5.41) is 23.4. The van der Waals surface area contributed by atoms with Crippen LogP contribution in [-0.4, -0.2) is 25.0 Å². The molecule has 2 N–H and O–H groups in total. The van der Waals surface area contributed by atoms with Crippen molar-refractivity contribution in [1.29, 1.82) is 5.26 Å². The molecule has 13 heteroatoms. The van der Waals surface area contributed by atoms with Gasteiger partial charge in [-0.15, -0.1) is 10.2 Å². The second-order valence-corrected chi connectivity index (χ2v) is 9.84. The molecule has 4 aromatic rings. The number of ether oxygens (including phenoxy) is 1. The normalized spacial score (nSPS) is 10.6. The average Bonchev–Trinajstić information content (AvgIpc) is 3.00. The smallest absolute Gasteiger partial charge is 0.440 e. The molecule has 0 saturated carbocycles. The molecule has 0 aliphatic rings. The number of hydrogen-bond acceptors (Lipinski definition) is 8. The highest BCUT2D eigenvalue weighted by Crippen LogP contribution is 2.26. The summed E-state index contributed by atoms with van der Waals surface area (Å²) in [5.41, 5.74) is 0.738. The van der Waals surface area contributed by atoms with Crippen LogP contribution >= 0.6 is 0 Å². The number of anilines is 2. The first kappa shape index (κ1) is 36.4. The lowest BCUT2D eigenvalue weighted by molar-refractivity contribution is -0.143. The third-order valence-electron chi connectivity index (χ3n) is 5.72. The number of allylic oxidation sites excluding steroid dienone is 5. The molecule has 0 aliphatic carbocycles. The zero-order valence-corrected chi connectivity index (χ0v) is 26.0. The third-order valence-corrected chi connectivity index (χ3v) is 5.72. The molecule has 0 fully saturated rings. The SMILES string of the molecule is C/C=C(\C)C#N.C=CC=C(C)C.Cc1ccc(Cn2c(Nc3ccc(Oc4cn[nH]c(=O)c4)cc3)nnc(C(F)(F)F)c2=O)cc1. The van der Waals surface area contributed by atoms with Gasteiger partial charge in [0.2, 0.25) is 11.6 Å². The summed E-state index contributed by atoms with van der Waals surface area (Å²) < 4.78 is 46.2. The molecular formula is C33H34F3N7O3. The molecule has 0 saturated heterocycles. The fourth-order valence-corrected chi connectivity index (χ4v) is 3.30. The van der Waals surface area contributed by atoms with E-state index in [2.05, 4.69) is 32.3 Å². The van der Waals surface area contributed by atoms with Gasteiger partial charge in [-0.2, -0.15) is 23.5 Å². The fourth-order valence-electron chi connectivity index (χ4n) is 3.30. The highest BCUT2D eigenvalue weighted by molar-refractivity contribution is 5.55. The zero-order chi connectivity index (χ0) is 34.3. The average molecular weight is 634 g/mol. The summed E-state index contributed by atoms with van der Waals surface area (Å²) in [4.78, 5) is 23.9. The number of alkyl halides is 3. The zero-order valence-electron chi connectivity index (χ0n) is 26.0. The van der Waals surface area contributed by atoms with Crippen molar-refractivity contribution in [2.24, 2.45) is 0 Å². The Morgan fingerprint density at radius 3 is 2.20 bits per heavy atom. The minimum absolute atomic E-state index is 0.142. The molecule has 46 heavy (non-hydrogen) atoms. The molecule has 2 heterocycles. The Hall–Kier alpha value is -5.77. The summed E-state index contributed by atoms with van der Waals surface area (Å²) in [6, 6.07) is 16.5. The first-order chi connectivity index (χ1) is 21.8. The van der Waals surface area contributed by atoms with Crippen LogP contribution in [0.1, 0.15) is 44.5 Å². The lowest BCUT2D eigenvalue weighted by Crippen LogP contribution is -2.33. The van der Waals surface area contributed by atoms with Gasteiger partial charge in [-0.3, -0.25) is 14.2 Å². The van der Waals surface area contributed by atoms with E-state index in [1.54, 1.807) is 67.6 Å². The van der Waals surface area contributed by atoms with E-state index in [-0.39, 0.29) is 18.2 Å². The van der Waals surface area contributed by atoms with Crippen LogP contribution in [0.25, 0.3) is 0 Å². The van der Waals surface area contributed by atoms with Gasteiger partial charge in [0.05, 0.1) is 18.8 Å². The number of benzene rings is 2. The van der Waals surface area contributed by atoms with Crippen molar-refractivity contribution < 1.29 is 17.9 Å². The topological polar surface area (TPSA) is 139 Å². The second kappa shape index (κ2) is 17.5. The molecule has 240 valence electrons. The number of halogens is 3. The number of aromatic amines is 1. The second-order valence-electron chi connectivity index (χ2n) is 9.84. The predicted molar refractivity (Wildman–Crippen MR) is 171 cm³/mol. The van der Waals surface area contributed by atoms with Crippen LogP contribution in [-0.2, 0) is 12.7 Å². The minimum atomic E-state index is -4.94. The van der Waals surface area contributed by atoms with Gasteiger partial charge in [0.15, 0.2) is 5.75 Å². The summed E-state index contributed by atoms with van der Waals surface area (Å²) >= 11 is 0. The Morgan fingerprint density at radius 2 is 1.72 bits per heavy atom. The van der Waals surface area contributed by atoms with E-state index in [0.29, 0.717) is 17.0 Å². The van der Waals surface area contributed by atoms with Crippen molar-refractivity contribution in [3.05, 3.63) is 134 Å². The minimum Gasteiger partial charge on any atom is -0.455 e. The van der Waals surface area contributed by atoms with Crippen molar-refractivity contribution in [1.82, 2.24) is 25.0 Å². The molecule has 0 bridgehead atoms. The maximum atomic E-state index is 13.3. The summed E-state index contributed by atoms with van der Waals surface area (Å²) in [6.07, 6.45) is 1.93. The largest absolute Gasteiger partial charge is 0.455 e. The molecule has 0 amide bonds. The molecule has 2 aromatic heterocycles. The van der Waals surface area contributed by atoms with Gasteiger partial charge in [-0.05, 0) is 64.4 Å². The summed E-state index contributed by atoms with van der Waals surface area (Å²) in [6.45, 7) is 13.0. The molecule has 0 aliphatic heterocycles. The number of aryl methyl sites for hydroxylation is 1. The van der Waals surface area contributed by atoms with Gasteiger partial charge < -0.3 is 10.1 Å². The Kier molecular flexibility index (Phi) is 13.9. The molecule has 0 unspecified atom stereocenters. The first-order valence-electron chi connectivity index (χ1n) is 13.8. The lowest BCUT2D eigenvalue weighted by atomic mass is 10.1. The molecule has 0 atom stereocenters. The highest BCUT2D eigenvalue weighted by atomic mass is 19.4. The molecule has 10 nitrogen and oxygen atoms in total. The van der Waals surface area contributed by atoms with Crippen molar-refractivity contribution in [2.75, 3.05) is 5.32 Å². The molecular weight excluding hydrogens is 599 g/mol. The third kappa shape index (κ3) is 12.1. The maximum Gasteiger partial charge on any atom is 0.440 e. The number of nitriles is 1. The van der Waals surface area contributed by atoms with Gasteiger partial charge in [0.25, 0.3) is 11.1 Å². The Labute approximate surface area is 264 Å². The van der Waals surface area contributed by atoms with Crippen LogP contribution in [0.5, 0.6) is 11.5 Å². The van der Waals surface area contributed by atoms with E-state index in [4.69, 9.17) is 10.00 Å². The van der Waals surface area contributed by atoms with E-state index >= 15 is 0 Å². The Balaban J connectivity index is 0.000000522. The van der Waals surface area contributed by atoms with Crippen LogP contribution in [0, 0.1) is 18.3 Å². The number of rotatable bonds is 7. The maximum absolute atomic E-state index is 13.3. The van der Waals surface area contributed by atoms with Gasteiger partial charge in [-0.25, -0.2) is 5.10 Å². The standard InChI is InChI=1S/C22H17F3N6O3.C6H10.C5H7N/c1-13-2-4-14(5-3-13)12-31-20(33)19(22(23,24)25)29-30-21(31)27-15-6-8-16(9-7-15)34-17-10-18(32)28-26-11-17;1-4-5-6(2)3;1-3-5(2)4-6/h2-11H,12H2,1H3,(H,27,30)(H,28,32);4-5H,1H2,2-3H3;3H,1-2H3/b;;5-3+. The number of nitrogens with one attached hydrogen (secondary N) is 2. The molecule has 0 spiro atoms. The van der Waals surface area contributed by atoms with Crippen LogP contribution in [0.3, 0.4) is 0 Å². The lowest BCUT2D eigenvalue weighted by Gasteiger charge is -2.15. The van der Waals surface area contributed by atoms with Crippen molar-refractivity contribution >= 4 is 11.6 Å². The van der Waals surface area contributed by atoms with Crippen LogP contribution in [0.15, 0.2) is 106 Å². The van der Waals surface area contributed by atoms with Gasteiger partial charge in [0, 0.05) is 17.3 Å². The van der Waals surface area contributed by atoms with Gasteiger partial charge in [-0.1, -0.05) is 60.2 Å². The number of hydrogen-bond donors (Lipinski definition) is 2. The Bertz CT molecular complexity index is 1810. The summed E-state index contributed by atoms with van der Waals surface area (Å²) in [7, 11) is 0. The monoisotopic (exact) mass is 633 g/mol. The predicted octanol–water partition coefficient (Wildman–Crippen LogP) is 7.25. The van der Waals surface area contributed by atoms with Crippen molar-refractivity contribution in [3.8, 4) is 17.6 Å². The highest BCUT2D eigenvalue weighted by Gasteiger charge is 2.38. The molecule has 0 radical (unpaired) electrons. The van der Waals surface area contributed by atoms with E-state index in [0.717, 1.165) is 15.7 Å². The van der Waals surface area contributed by atoms with E-state index in [1.807, 2.05) is 39.8 Å². The van der Waals surface area contributed by atoms with Crippen molar-refractivity contribution in [2.45, 2.75) is 47.3 Å². The number of nitrogens with zero attached hydrogens (tertiary/aromatic N) is 5. The number of H-pyrrole nitrogens is 1. The summed E-state index contributed by atoms with van der Waals surface area (Å²) in [5.74, 6) is 0.449. The number of aromatic nitrogens is 5. The van der Waals surface area contributed by atoms with Gasteiger partial charge >= 0.3 is 6.18 Å². The van der Waals surface area contributed by atoms with Crippen LogP contribution in [0.4, 0.5) is 24.8 Å². The Morgan fingerprint density at radius 1 is 1.07 bits per heavy atom. The quantitative estimate of drug-likeness (QED) is 0.160. The van der Waals surface area contributed by atoms with E-state index in [9.17, 15) is 22.8 Å². The van der Waals surface area contributed by atoms with Crippen LogP contribution < -0.4 is 21.2 Å². The molecule has 4 rings (SSSR count). The van der Waals surface area contributed by atoms with Crippen molar-refractivity contribution in [3.63, 3.8) is 0 Å². The van der Waals surface area contributed by atoms with E-state index < -0.39 is 23.0 Å². The first-order valence-corrected chi connectivity index (χ1v) is 13.8. The molecule has 2 aromatic carbocycles. The van der Waals surface area contributed by atoms with Crippen LogP contribution in [0.2, 0.25) is 0 Å². The fraction of sp³-hybridized carbons (Fsp3) is 0.212. The van der Waals surface area contributed by atoms with Gasteiger partial charge in [0.1, 0.15) is 5.75 Å².